The van der Waals surface area contributed by atoms with Crippen LogP contribution in [0.3, 0.4) is 0 Å². The van der Waals surface area contributed by atoms with E-state index in [1.807, 2.05) is 66.7 Å². The zero-order valence-electron chi connectivity index (χ0n) is 19.1. The second kappa shape index (κ2) is 8.76. The first-order chi connectivity index (χ1) is 17.2. The number of carbonyl (C=O) groups excluding carboxylic acids is 2. The number of carbonyl (C=O) groups is 2. The molecule has 0 radical (unpaired) electrons. The summed E-state index contributed by atoms with van der Waals surface area (Å²) in [5.41, 5.74) is 4.62. The Morgan fingerprint density at radius 1 is 0.829 bits per heavy atom. The molecule has 0 fully saturated rings. The molecular weight excluding hydrogens is 436 g/mol. The van der Waals surface area contributed by atoms with Crippen molar-refractivity contribution in [3.05, 3.63) is 131 Å². The highest BCUT2D eigenvalue weighted by molar-refractivity contribution is 6.11. The van der Waals surface area contributed by atoms with E-state index in [1.54, 1.807) is 29.4 Å². The molecular formula is C30H24N2O3. The van der Waals surface area contributed by atoms with Crippen LogP contribution in [0.2, 0.25) is 0 Å². The molecule has 0 saturated carbocycles. The molecule has 1 aromatic heterocycles. The average Bonchev–Trinajstić information content (AvgIpc) is 3.39. The van der Waals surface area contributed by atoms with Gasteiger partial charge in [0.25, 0.3) is 5.91 Å². The summed E-state index contributed by atoms with van der Waals surface area (Å²) in [6, 6.07) is 30.0. The second-order valence-corrected chi connectivity index (χ2v) is 8.93. The molecule has 5 nitrogen and oxygen atoms in total. The lowest BCUT2D eigenvalue weighted by molar-refractivity contribution is -0.116. The van der Waals surface area contributed by atoms with Gasteiger partial charge in [-0.05, 0) is 54.3 Å². The Morgan fingerprint density at radius 2 is 1.54 bits per heavy atom. The first-order valence-corrected chi connectivity index (χ1v) is 11.8. The highest BCUT2D eigenvalue weighted by Gasteiger charge is 2.43. The molecule has 1 aliphatic carbocycles. The van der Waals surface area contributed by atoms with Crippen LogP contribution in [0.15, 0.2) is 119 Å². The van der Waals surface area contributed by atoms with Crippen molar-refractivity contribution in [2.45, 2.75) is 24.8 Å². The predicted octanol–water partition coefficient (Wildman–Crippen LogP) is 6.49. The quantitative estimate of drug-likeness (QED) is 0.379. The topological polar surface area (TPSA) is 62.6 Å². The van der Waals surface area contributed by atoms with Gasteiger partial charge in [0.05, 0.1) is 17.6 Å². The van der Waals surface area contributed by atoms with Gasteiger partial charge in [0, 0.05) is 23.3 Å². The number of benzene rings is 3. The zero-order chi connectivity index (χ0) is 23.8. The summed E-state index contributed by atoms with van der Waals surface area (Å²) in [6.45, 7) is 0. The van der Waals surface area contributed by atoms with Gasteiger partial charge in [-0.2, -0.15) is 0 Å². The Bertz CT molecular complexity index is 1410. The van der Waals surface area contributed by atoms with Crippen LogP contribution >= 0.6 is 0 Å². The SMILES string of the molecule is O=C1C[C@H](c2ccccc2)CC2=C1[C@@H](c1ccco1)N(C(=O)c1ccccc1)c1ccccc1N2. The number of hydrogen-bond acceptors (Lipinski definition) is 4. The number of nitrogens with zero attached hydrogens (tertiary/aromatic N) is 1. The molecule has 0 spiro atoms. The molecule has 4 aromatic rings. The number of rotatable bonds is 3. The molecule has 0 unspecified atom stereocenters. The summed E-state index contributed by atoms with van der Waals surface area (Å²) in [5, 5.41) is 3.54. The van der Waals surface area contributed by atoms with Crippen LogP contribution in [0.4, 0.5) is 11.4 Å². The van der Waals surface area contributed by atoms with Crippen LogP contribution in [-0.4, -0.2) is 11.7 Å². The first-order valence-electron chi connectivity index (χ1n) is 11.8. The molecule has 35 heavy (non-hydrogen) atoms. The largest absolute Gasteiger partial charge is 0.467 e. The number of allylic oxidation sites excluding steroid dienone is 1. The molecule has 5 heteroatoms. The monoisotopic (exact) mass is 460 g/mol. The van der Waals surface area contributed by atoms with Crippen molar-refractivity contribution in [2.75, 3.05) is 10.2 Å². The number of ketones is 1. The summed E-state index contributed by atoms with van der Waals surface area (Å²) in [6.07, 6.45) is 2.64. The summed E-state index contributed by atoms with van der Waals surface area (Å²) < 4.78 is 5.86. The van der Waals surface area contributed by atoms with Crippen LogP contribution in [0.5, 0.6) is 0 Å². The summed E-state index contributed by atoms with van der Waals surface area (Å²) in [7, 11) is 0. The predicted molar refractivity (Wildman–Crippen MR) is 135 cm³/mol. The van der Waals surface area contributed by atoms with Gasteiger partial charge in [0.2, 0.25) is 0 Å². The molecule has 3 aromatic carbocycles. The number of fused-ring (bicyclic) bond motifs is 1. The molecule has 1 amide bonds. The molecule has 2 aliphatic rings. The molecule has 1 N–H and O–H groups in total. The van der Waals surface area contributed by atoms with Crippen molar-refractivity contribution < 1.29 is 14.0 Å². The summed E-state index contributed by atoms with van der Waals surface area (Å²) in [5.74, 6) is 0.461. The standard InChI is InChI=1S/C30H24N2O3/c33-26-19-22(20-10-3-1-4-11-20)18-24-28(26)29(27-16-9-17-35-27)32(25-15-8-7-14-23(25)31-24)30(34)21-12-5-2-6-13-21/h1-17,22,29,31H,18-19H2/t22-,29-/m1/s1. The Labute approximate surface area is 203 Å². The number of furan rings is 1. The fourth-order valence-electron chi connectivity index (χ4n) is 5.21. The van der Waals surface area contributed by atoms with Gasteiger partial charge in [-0.3, -0.25) is 14.5 Å². The van der Waals surface area contributed by atoms with E-state index in [0.29, 0.717) is 35.4 Å². The van der Waals surface area contributed by atoms with Crippen molar-refractivity contribution in [1.82, 2.24) is 0 Å². The highest BCUT2D eigenvalue weighted by Crippen LogP contribution is 2.47. The third-order valence-electron chi connectivity index (χ3n) is 6.81. The van der Waals surface area contributed by atoms with Gasteiger partial charge in [0.15, 0.2) is 5.78 Å². The van der Waals surface area contributed by atoms with E-state index < -0.39 is 6.04 Å². The fourth-order valence-corrected chi connectivity index (χ4v) is 5.21. The Hall–Kier alpha value is -4.38. The van der Waals surface area contributed by atoms with Gasteiger partial charge in [-0.15, -0.1) is 0 Å². The molecule has 6 rings (SSSR count). The molecule has 0 bridgehead atoms. The minimum absolute atomic E-state index is 0.0210. The molecule has 1 aliphatic heterocycles. The maximum absolute atomic E-state index is 14.0. The van der Waals surface area contributed by atoms with E-state index in [1.165, 1.54) is 0 Å². The highest BCUT2D eigenvalue weighted by atomic mass is 16.3. The number of amides is 1. The van der Waals surface area contributed by atoms with Crippen molar-refractivity contribution >= 4 is 23.1 Å². The van der Waals surface area contributed by atoms with Gasteiger partial charge < -0.3 is 9.73 Å². The van der Waals surface area contributed by atoms with Crippen molar-refractivity contribution in [3.8, 4) is 0 Å². The molecule has 172 valence electrons. The number of hydrogen-bond donors (Lipinski definition) is 1. The van der Waals surface area contributed by atoms with E-state index >= 15 is 0 Å². The Morgan fingerprint density at radius 3 is 2.29 bits per heavy atom. The van der Waals surface area contributed by atoms with E-state index in [9.17, 15) is 9.59 Å². The number of para-hydroxylation sites is 2. The average molecular weight is 461 g/mol. The number of anilines is 2. The van der Waals surface area contributed by atoms with Crippen molar-refractivity contribution in [3.63, 3.8) is 0 Å². The van der Waals surface area contributed by atoms with E-state index in [2.05, 4.69) is 17.4 Å². The first kappa shape index (κ1) is 21.2. The van der Waals surface area contributed by atoms with Crippen molar-refractivity contribution in [1.29, 1.82) is 0 Å². The Kier molecular flexibility index (Phi) is 5.30. The lowest BCUT2D eigenvalue weighted by atomic mass is 9.79. The summed E-state index contributed by atoms with van der Waals surface area (Å²) in [4.78, 5) is 29.6. The molecule has 0 saturated heterocycles. The number of nitrogens with one attached hydrogen (secondary N) is 1. The van der Waals surface area contributed by atoms with Gasteiger partial charge >= 0.3 is 0 Å². The smallest absolute Gasteiger partial charge is 0.259 e. The second-order valence-electron chi connectivity index (χ2n) is 8.93. The molecule has 2 atom stereocenters. The summed E-state index contributed by atoms with van der Waals surface area (Å²) >= 11 is 0. The van der Waals surface area contributed by atoms with Crippen LogP contribution in [0.25, 0.3) is 0 Å². The van der Waals surface area contributed by atoms with Crippen LogP contribution < -0.4 is 10.2 Å². The maximum Gasteiger partial charge on any atom is 0.259 e. The number of Topliss-reactive ketones (excluding diaryl/α,β-unsaturated/α-hetero) is 1. The third kappa shape index (κ3) is 3.75. The Balaban J connectivity index is 1.55. The molecule has 2 heterocycles. The maximum atomic E-state index is 14.0. The normalized spacial score (nSPS) is 19.4. The van der Waals surface area contributed by atoms with Gasteiger partial charge in [0.1, 0.15) is 11.8 Å². The van der Waals surface area contributed by atoms with E-state index in [-0.39, 0.29) is 17.6 Å². The lowest BCUT2D eigenvalue weighted by Gasteiger charge is -2.33. The van der Waals surface area contributed by atoms with E-state index in [0.717, 1.165) is 16.9 Å². The van der Waals surface area contributed by atoms with Crippen LogP contribution in [-0.2, 0) is 4.79 Å². The lowest BCUT2D eigenvalue weighted by Crippen LogP contribution is -2.38. The van der Waals surface area contributed by atoms with Gasteiger partial charge in [-0.25, -0.2) is 0 Å². The van der Waals surface area contributed by atoms with Gasteiger partial charge in [-0.1, -0.05) is 60.7 Å². The van der Waals surface area contributed by atoms with Crippen LogP contribution in [0.1, 0.15) is 46.5 Å². The van der Waals surface area contributed by atoms with E-state index in [4.69, 9.17) is 4.42 Å². The van der Waals surface area contributed by atoms with Crippen LogP contribution in [0, 0.1) is 0 Å². The minimum Gasteiger partial charge on any atom is -0.467 e. The fraction of sp³-hybridized carbons (Fsp3) is 0.133. The third-order valence-corrected chi connectivity index (χ3v) is 6.81. The minimum atomic E-state index is -0.673. The van der Waals surface area contributed by atoms with Crippen molar-refractivity contribution in [2.24, 2.45) is 0 Å². The zero-order valence-corrected chi connectivity index (χ0v) is 19.1.